The summed E-state index contributed by atoms with van der Waals surface area (Å²) in [5.41, 5.74) is -1.55. The Balaban J connectivity index is 2.28. The predicted octanol–water partition coefficient (Wildman–Crippen LogP) is 0.937. The van der Waals surface area contributed by atoms with E-state index in [1.165, 1.54) is 20.8 Å². The van der Waals surface area contributed by atoms with Gasteiger partial charge in [-0.05, 0) is 35.4 Å². The van der Waals surface area contributed by atoms with Crippen LogP contribution in [0.1, 0.15) is 52.7 Å². The zero-order chi connectivity index (χ0) is 23.8. The van der Waals surface area contributed by atoms with Gasteiger partial charge in [-0.3, -0.25) is 23.4 Å². The SMILES string of the molecule is CCC(F)(C[C@H]1O[C@@H](n2cc(I)c(=O)[nH]c2=O)[C@H](O)[C@@H]1O)OP(=O)(O)C(O)(CC)CC. The highest BCUT2D eigenvalue weighted by atomic mass is 127. The van der Waals surface area contributed by atoms with Crippen LogP contribution in [-0.2, 0) is 13.8 Å². The van der Waals surface area contributed by atoms with Gasteiger partial charge in [0.25, 0.3) is 5.56 Å². The molecule has 5 N–H and O–H groups in total. The third-order valence-corrected chi connectivity index (χ3v) is 8.54. The average molecular weight is 580 g/mol. The normalized spacial score (nSPS) is 28.3. The summed E-state index contributed by atoms with van der Waals surface area (Å²) in [5, 5.41) is 28.9. The molecule has 1 fully saturated rings. The molecular weight excluding hydrogens is 553 g/mol. The van der Waals surface area contributed by atoms with Gasteiger partial charge >= 0.3 is 13.3 Å². The second kappa shape index (κ2) is 9.67. The molecule has 0 spiro atoms. The Morgan fingerprint density at radius 2 is 1.84 bits per heavy atom. The van der Waals surface area contributed by atoms with Gasteiger partial charge in [-0.25, -0.2) is 9.18 Å². The van der Waals surface area contributed by atoms with Crippen LogP contribution in [0, 0.1) is 3.57 Å². The van der Waals surface area contributed by atoms with Crippen molar-refractivity contribution in [3.8, 4) is 0 Å². The first-order valence-electron chi connectivity index (χ1n) is 9.71. The molecule has 0 saturated carbocycles. The molecule has 0 bridgehead atoms. The number of aromatic amines is 1. The minimum absolute atomic E-state index is 0.113. The summed E-state index contributed by atoms with van der Waals surface area (Å²) in [5.74, 6) is -2.78. The summed E-state index contributed by atoms with van der Waals surface area (Å²) in [7, 11) is -4.85. The van der Waals surface area contributed by atoms with E-state index < -0.39 is 67.4 Å². The van der Waals surface area contributed by atoms with Crippen molar-refractivity contribution in [1.82, 2.24) is 9.55 Å². The van der Waals surface area contributed by atoms with E-state index in [4.69, 9.17) is 9.26 Å². The molecule has 1 aliphatic rings. The van der Waals surface area contributed by atoms with Crippen LogP contribution < -0.4 is 11.2 Å². The Morgan fingerprint density at radius 1 is 1.26 bits per heavy atom. The highest BCUT2D eigenvalue weighted by Crippen LogP contribution is 2.60. The fourth-order valence-corrected chi connectivity index (χ4v) is 5.33. The summed E-state index contributed by atoms with van der Waals surface area (Å²) >= 11 is 1.66. The Hall–Kier alpha value is -0.670. The summed E-state index contributed by atoms with van der Waals surface area (Å²) in [4.78, 5) is 35.9. The van der Waals surface area contributed by atoms with Gasteiger partial charge in [0.15, 0.2) is 11.6 Å². The van der Waals surface area contributed by atoms with Crippen molar-refractivity contribution in [2.24, 2.45) is 0 Å². The number of aromatic nitrogens is 2. The lowest BCUT2D eigenvalue weighted by Crippen LogP contribution is -2.40. The van der Waals surface area contributed by atoms with E-state index in [1.54, 1.807) is 22.6 Å². The molecular formula is C17H27FIN2O9P. The topological polar surface area (TPSA) is 171 Å². The molecule has 0 aromatic carbocycles. The first kappa shape index (κ1) is 26.6. The first-order chi connectivity index (χ1) is 14.2. The number of ether oxygens (including phenoxy) is 1. The van der Waals surface area contributed by atoms with E-state index in [-0.39, 0.29) is 16.4 Å². The molecule has 178 valence electrons. The molecule has 0 amide bonds. The number of aliphatic hydroxyl groups excluding tert-OH is 2. The van der Waals surface area contributed by atoms with E-state index >= 15 is 4.39 Å². The number of aliphatic hydroxyl groups is 3. The van der Waals surface area contributed by atoms with Gasteiger partial charge in [-0.15, -0.1) is 0 Å². The van der Waals surface area contributed by atoms with Gasteiger partial charge in [0.1, 0.15) is 12.2 Å². The van der Waals surface area contributed by atoms with Crippen molar-refractivity contribution in [1.29, 1.82) is 0 Å². The Bertz CT molecular complexity index is 952. The summed E-state index contributed by atoms with van der Waals surface area (Å²) in [6.45, 7) is 4.24. The van der Waals surface area contributed by atoms with Crippen LogP contribution in [0.4, 0.5) is 4.39 Å². The first-order valence-corrected chi connectivity index (χ1v) is 12.4. The van der Waals surface area contributed by atoms with Gasteiger partial charge in [0.2, 0.25) is 5.85 Å². The Morgan fingerprint density at radius 3 is 2.35 bits per heavy atom. The number of H-pyrrole nitrogens is 1. The number of nitrogens with one attached hydrogen (secondary N) is 1. The molecule has 14 heteroatoms. The molecule has 6 atom stereocenters. The number of rotatable bonds is 9. The molecule has 0 radical (unpaired) electrons. The number of hydrogen-bond donors (Lipinski definition) is 5. The lowest BCUT2D eigenvalue weighted by molar-refractivity contribution is -0.134. The highest BCUT2D eigenvalue weighted by Gasteiger charge is 2.53. The third-order valence-electron chi connectivity index (χ3n) is 5.52. The fraction of sp³-hybridized carbons (Fsp3) is 0.765. The predicted molar refractivity (Wildman–Crippen MR) is 115 cm³/mol. The van der Waals surface area contributed by atoms with Crippen LogP contribution in [0.3, 0.4) is 0 Å². The molecule has 1 aromatic rings. The van der Waals surface area contributed by atoms with Crippen molar-refractivity contribution >= 4 is 30.2 Å². The summed E-state index contributed by atoms with van der Waals surface area (Å²) < 4.78 is 39.4. The molecule has 1 aromatic heterocycles. The van der Waals surface area contributed by atoms with E-state index in [0.29, 0.717) is 0 Å². The van der Waals surface area contributed by atoms with Gasteiger partial charge in [-0.1, -0.05) is 20.8 Å². The lowest BCUT2D eigenvalue weighted by atomic mass is 10.0. The largest absolute Gasteiger partial charge is 0.388 e. The van der Waals surface area contributed by atoms with Crippen LogP contribution in [0.5, 0.6) is 0 Å². The van der Waals surface area contributed by atoms with Crippen LogP contribution in [0.2, 0.25) is 0 Å². The van der Waals surface area contributed by atoms with Gasteiger partial charge in [0.05, 0.1) is 9.67 Å². The second-order valence-corrected chi connectivity index (χ2v) is 10.6. The van der Waals surface area contributed by atoms with E-state index in [1.807, 2.05) is 4.98 Å². The van der Waals surface area contributed by atoms with Crippen molar-refractivity contribution in [2.75, 3.05) is 0 Å². The molecule has 31 heavy (non-hydrogen) atoms. The standard InChI is InChI=1S/C17H27FIN2O9P/c1-4-16(18,30-31(27,28)17(26,5-2)6-3)7-10-11(22)12(23)14(29-10)21-8-9(19)13(24)20-15(21)25/h8,10-12,14,22-23,26H,4-7H2,1-3H3,(H,27,28)(H,20,24,25)/t10-,11-,12-,14-,16?/m1/s1. The fourth-order valence-electron chi connectivity index (χ4n) is 3.28. The third kappa shape index (κ3) is 5.29. The molecule has 1 aliphatic heterocycles. The summed E-state index contributed by atoms with van der Waals surface area (Å²) in [6, 6.07) is 0. The van der Waals surface area contributed by atoms with E-state index in [2.05, 4.69) is 0 Å². The van der Waals surface area contributed by atoms with Crippen molar-refractivity contribution in [3.05, 3.63) is 30.6 Å². The number of halogens is 2. The van der Waals surface area contributed by atoms with Crippen LogP contribution in [-0.4, -0.2) is 59.3 Å². The maximum atomic E-state index is 15.4. The van der Waals surface area contributed by atoms with Crippen LogP contribution in [0.15, 0.2) is 15.8 Å². The second-order valence-electron chi connectivity index (χ2n) is 7.43. The molecule has 2 heterocycles. The Kier molecular flexibility index (Phi) is 8.29. The van der Waals surface area contributed by atoms with Crippen molar-refractivity contribution < 1.29 is 38.4 Å². The van der Waals surface area contributed by atoms with Crippen LogP contribution in [0.25, 0.3) is 0 Å². The number of nitrogens with zero attached hydrogens (tertiary/aromatic N) is 1. The number of hydrogen-bond acceptors (Lipinski definition) is 8. The monoisotopic (exact) mass is 580 g/mol. The Labute approximate surface area is 190 Å². The summed E-state index contributed by atoms with van der Waals surface area (Å²) in [6.07, 6.45) is -6.57. The minimum atomic E-state index is -4.85. The van der Waals surface area contributed by atoms with Crippen molar-refractivity contribution in [3.63, 3.8) is 0 Å². The van der Waals surface area contributed by atoms with Gasteiger partial charge in [0, 0.05) is 19.0 Å². The van der Waals surface area contributed by atoms with E-state index in [0.717, 1.165) is 10.8 Å². The number of alkyl halides is 1. The van der Waals surface area contributed by atoms with Gasteiger partial charge in [-0.2, -0.15) is 0 Å². The maximum Gasteiger partial charge on any atom is 0.362 e. The zero-order valence-corrected chi connectivity index (χ0v) is 20.2. The van der Waals surface area contributed by atoms with E-state index in [9.17, 15) is 34.4 Å². The molecule has 0 aliphatic carbocycles. The maximum absolute atomic E-state index is 15.4. The molecule has 11 nitrogen and oxygen atoms in total. The smallest absolute Gasteiger partial charge is 0.362 e. The highest BCUT2D eigenvalue weighted by molar-refractivity contribution is 14.1. The average Bonchev–Trinajstić information content (AvgIpc) is 2.97. The zero-order valence-electron chi connectivity index (χ0n) is 17.2. The quantitative estimate of drug-likeness (QED) is 0.211. The lowest BCUT2D eigenvalue weighted by Gasteiger charge is -2.36. The molecule has 1 saturated heterocycles. The minimum Gasteiger partial charge on any atom is -0.388 e. The van der Waals surface area contributed by atoms with Crippen LogP contribution >= 0.6 is 30.2 Å². The van der Waals surface area contributed by atoms with Gasteiger partial charge < -0.3 is 24.9 Å². The molecule has 2 rings (SSSR count). The molecule has 2 unspecified atom stereocenters. The van der Waals surface area contributed by atoms with Crippen molar-refractivity contribution in [2.45, 2.75) is 82.2 Å².